The highest BCUT2D eigenvalue weighted by molar-refractivity contribution is 6.31. The molecule has 0 saturated heterocycles. The Kier molecular flexibility index (Phi) is 5.84. The summed E-state index contributed by atoms with van der Waals surface area (Å²) in [6, 6.07) is 10.2. The third-order valence-corrected chi connectivity index (χ3v) is 5.52. The number of aryl methyl sites for hydroxylation is 1. The molecule has 2 N–H and O–H groups in total. The third-order valence-electron chi connectivity index (χ3n) is 5.16. The zero-order chi connectivity index (χ0) is 21.3. The molecule has 0 aliphatic heterocycles. The number of benzene rings is 2. The number of rotatable bonds is 7. The predicted molar refractivity (Wildman–Crippen MR) is 111 cm³/mol. The monoisotopic (exact) mass is 415 g/mol. The van der Waals surface area contributed by atoms with Crippen molar-refractivity contribution in [1.29, 1.82) is 0 Å². The molecule has 3 rings (SSSR count). The van der Waals surface area contributed by atoms with Gasteiger partial charge in [-0.2, -0.15) is 0 Å². The summed E-state index contributed by atoms with van der Waals surface area (Å²) < 4.78 is 7.66. The van der Waals surface area contributed by atoms with Gasteiger partial charge in [-0.05, 0) is 67.8 Å². The Morgan fingerprint density at radius 2 is 1.86 bits per heavy atom. The van der Waals surface area contributed by atoms with Gasteiger partial charge in [-0.25, -0.2) is 9.59 Å². The molecule has 0 fully saturated rings. The standard InChI is InChI=1S/C22H22ClNO5/c1-4-20(22(27)28)29-16-6-7-18(23)15(9-16)11-24-13(3)12(2)17-10-14(21(25)26)5-8-19(17)24/h5-10,20H,4,11H2,1-3H3,(H,25,26)(H,27,28)/t20-/m1/s1. The van der Waals surface area contributed by atoms with Crippen LogP contribution in [0.5, 0.6) is 5.75 Å². The fourth-order valence-corrected chi connectivity index (χ4v) is 3.55. The lowest BCUT2D eigenvalue weighted by Gasteiger charge is -2.16. The zero-order valence-corrected chi connectivity index (χ0v) is 17.2. The third kappa shape index (κ3) is 4.07. The highest BCUT2D eigenvalue weighted by atomic mass is 35.5. The van der Waals surface area contributed by atoms with E-state index >= 15 is 0 Å². The van der Waals surface area contributed by atoms with Crippen molar-refractivity contribution in [2.24, 2.45) is 0 Å². The summed E-state index contributed by atoms with van der Waals surface area (Å²) in [7, 11) is 0. The Balaban J connectivity index is 2.00. The lowest BCUT2D eigenvalue weighted by atomic mass is 10.1. The van der Waals surface area contributed by atoms with Crippen LogP contribution >= 0.6 is 11.6 Å². The lowest BCUT2D eigenvalue weighted by molar-refractivity contribution is -0.145. The summed E-state index contributed by atoms with van der Waals surface area (Å²) in [5, 5.41) is 19.9. The van der Waals surface area contributed by atoms with Crippen molar-refractivity contribution in [3.8, 4) is 5.75 Å². The van der Waals surface area contributed by atoms with Crippen LogP contribution in [-0.4, -0.2) is 32.8 Å². The Morgan fingerprint density at radius 3 is 2.48 bits per heavy atom. The number of aromatic nitrogens is 1. The number of hydrogen-bond acceptors (Lipinski definition) is 3. The van der Waals surface area contributed by atoms with Crippen LogP contribution in [0.25, 0.3) is 10.9 Å². The van der Waals surface area contributed by atoms with Gasteiger partial charge in [0.2, 0.25) is 0 Å². The molecule has 0 bridgehead atoms. The van der Waals surface area contributed by atoms with Crippen molar-refractivity contribution < 1.29 is 24.5 Å². The van der Waals surface area contributed by atoms with E-state index in [0.29, 0.717) is 23.7 Å². The van der Waals surface area contributed by atoms with Crippen molar-refractivity contribution >= 4 is 34.4 Å². The molecule has 29 heavy (non-hydrogen) atoms. The average Bonchev–Trinajstić information content (AvgIpc) is 2.92. The number of aliphatic carboxylic acids is 1. The van der Waals surface area contributed by atoms with Crippen LogP contribution in [0.15, 0.2) is 36.4 Å². The van der Waals surface area contributed by atoms with Crippen molar-refractivity contribution in [1.82, 2.24) is 4.57 Å². The van der Waals surface area contributed by atoms with E-state index in [1.807, 2.05) is 13.8 Å². The van der Waals surface area contributed by atoms with Gasteiger partial charge in [0.15, 0.2) is 6.10 Å². The lowest BCUT2D eigenvalue weighted by Crippen LogP contribution is -2.25. The molecule has 1 aromatic heterocycles. The number of aromatic carboxylic acids is 1. The molecule has 2 aromatic carbocycles. The molecule has 1 atom stereocenters. The van der Waals surface area contributed by atoms with Gasteiger partial charge >= 0.3 is 11.9 Å². The summed E-state index contributed by atoms with van der Waals surface area (Å²) in [6.45, 7) is 6.13. The minimum atomic E-state index is -1.01. The van der Waals surface area contributed by atoms with Crippen molar-refractivity contribution in [3.63, 3.8) is 0 Å². The summed E-state index contributed by atoms with van der Waals surface area (Å²) in [6.07, 6.45) is -0.574. The molecule has 0 radical (unpaired) electrons. The summed E-state index contributed by atoms with van der Waals surface area (Å²) in [5.74, 6) is -1.53. The van der Waals surface area contributed by atoms with Crippen LogP contribution < -0.4 is 4.74 Å². The van der Waals surface area contributed by atoms with Crippen LogP contribution in [0.2, 0.25) is 5.02 Å². The van der Waals surface area contributed by atoms with Crippen molar-refractivity contribution in [3.05, 3.63) is 63.8 Å². The smallest absolute Gasteiger partial charge is 0.344 e. The quantitative estimate of drug-likeness (QED) is 0.573. The van der Waals surface area contributed by atoms with E-state index in [2.05, 4.69) is 4.57 Å². The average molecular weight is 416 g/mol. The van der Waals surface area contributed by atoms with E-state index in [-0.39, 0.29) is 5.56 Å². The number of hydrogen-bond donors (Lipinski definition) is 2. The van der Waals surface area contributed by atoms with Crippen LogP contribution in [0.4, 0.5) is 0 Å². The number of ether oxygens (including phenoxy) is 1. The second-order valence-corrected chi connectivity index (χ2v) is 7.35. The molecule has 0 aliphatic rings. The highest BCUT2D eigenvalue weighted by Crippen LogP contribution is 2.30. The fourth-order valence-electron chi connectivity index (χ4n) is 3.38. The topological polar surface area (TPSA) is 88.8 Å². The maximum absolute atomic E-state index is 11.3. The summed E-state index contributed by atoms with van der Waals surface area (Å²) >= 11 is 6.39. The predicted octanol–water partition coefficient (Wildman–Crippen LogP) is 4.90. The maximum Gasteiger partial charge on any atom is 0.344 e. The van der Waals surface area contributed by atoms with Gasteiger partial charge in [0.1, 0.15) is 5.75 Å². The van der Waals surface area contributed by atoms with Gasteiger partial charge in [0.25, 0.3) is 0 Å². The molecule has 3 aromatic rings. The number of nitrogens with zero attached hydrogens (tertiary/aromatic N) is 1. The summed E-state index contributed by atoms with van der Waals surface area (Å²) in [4.78, 5) is 22.6. The van der Waals surface area contributed by atoms with Crippen molar-refractivity contribution in [2.75, 3.05) is 0 Å². The van der Waals surface area contributed by atoms with Crippen LogP contribution in [-0.2, 0) is 11.3 Å². The number of carboxylic acids is 2. The van der Waals surface area contributed by atoms with E-state index in [0.717, 1.165) is 27.7 Å². The Labute approximate surface area is 173 Å². The van der Waals surface area contributed by atoms with Crippen LogP contribution in [0.1, 0.15) is 40.5 Å². The van der Waals surface area contributed by atoms with Gasteiger partial charge < -0.3 is 19.5 Å². The van der Waals surface area contributed by atoms with Gasteiger partial charge in [0, 0.05) is 28.2 Å². The molecule has 0 amide bonds. The Hall–Kier alpha value is -2.99. The minimum absolute atomic E-state index is 0.241. The van der Waals surface area contributed by atoms with Gasteiger partial charge in [-0.3, -0.25) is 0 Å². The maximum atomic E-state index is 11.3. The molecule has 7 heteroatoms. The first-order valence-electron chi connectivity index (χ1n) is 9.23. The first-order valence-corrected chi connectivity index (χ1v) is 9.61. The Morgan fingerprint density at radius 1 is 1.14 bits per heavy atom. The number of carbonyl (C=O) groups is 2. The molecule has 152 valence electrons. The first-order chi connectivity index (χ1) is 13.7. The van der Waals surface area contributed by atoms with E-state index < -0.39 is 18.0 Å². The number of carboxylic acid groups (broad SMARTS) is 2. The number of halogens is 1. The molecule has 1 heterocycles. The number of fused-ring (bicyclic) bond motifs is 1. The SMILES string of the molecule is CC[C@@H](Oc1ccc(Cl)c(Cn2c(C)c(C)c3cc(C(=O)O)ccc32)c1)C(=O)O. The second-order valence-electron chi connectivity index (χ2n) is 6.94. The highest BCUT2D eigenvalue weighted by Gasteiger charge is 2.18. The molecule has 6 nitrogen and oxygen atoms in total. The molecule has 0 aliphatic carbocycles. The fraction of sp³-hybridized carbons (Fsp3) is 0.273. The largest absolute Gasteiger partial charge is 0.479 e. The molecule has 0 saturated carbocycles. The first kappa shape index (κ1) is 20.7. The van der Waals surface area contributed by atoms with Gasteiger partial charge in [-0.1, -0.05) is 18.5 Å². The molecular formula is C22H22ClNO5. The molecular weight excluding hydrogens is 394 g/mol. The minimum Gasteiger partial charge on any atom is -0.479 e. The van der Waals surface area contributed by atoms with Gasteiger partial charge in [-0.15, -0.1) is 0 Å². The zero-order valence-electron chi connectivity index (χ0n) is 16.4. The van der Waals surface area contributed by atoms with E-state index in [1.54, 1.807) is 43.3 Å². The van der Waals surface area contributed by atoms with Crippen LogP contribution in [0, 0.1) is 13.8 Å². The van der Waals surface area contributed by atoms with E-state index in [9.17, 15) is 19.8 Å². The van der Waals surface area contributed by atoms with Gasteiger partial charge in [0.05, 0.1) is 5.56 Å². The molecule has 0 spiro atoms. The summed E-state index contributed by atoms with van der Waals surface area (Å²) in [5.41, 5.74) is 3.94. The van der Waals surface area contributed by atoms with E-state index in [1.165, 1.54) is 0 Å². The van der Waals surface area contributed by atoms with Crippen LogP contribution in [0.3, 0.4) is 0 Å². The second kappa shape index (κ2) is 8.17. The normalized spacial score (nSPS) is 12.1. The molecule has 0 unspecified atom stereocenters. The van der Waals surface area contributed by atoms with E-state index in [4.69, 9.17) is 16.3 Å². The van der Waals surface area contributed by atoms with Crippen molar-refractivity contribution in [2.45, 2.75) is 39.8 Å². The Bertz CT molecular complexity index is 1100.